The lowest BCUT2D eigenvalue weighted by molar-refractivity contribution is -0.128. The van der Waals surface area contributed by atoms with Crippen LogP contribution in [0.3, 0.4) is 0 Å². The minimum atomic E-state index is -0.445. The Hall–Kier alpha value is -3.10. The number of piperazine rings is 1. The number of hydrogen-bond acceptors (Lipinski definition) is 4. The van der Waals surface area contributed by atoms with Gasteiger partial charge in [0.1, 0.15) is 5.56 Å². The van der Waals surface area contributed by atoms with Crippen LogP contribution in [0.15, 0.2) is 65.6 Å². The van der Waals surface area contributed by atoms with Gasteiger partial charge in [0.15, 0.2) is 0 Å². The van der Waals surface area contributed by atoms with E-state index >= 15 is 0 Å². The molecule has 1 aliphatic heterocycles. The lowest BCUT2D eigenvalue weighted by atomic mass is 10.0. The molecule has 0 spiro atoms. The first kappa shape index (κ1) is 24.6. The smallest absolute Gasteiger partial charge is 0.263 e. The van der Waals surface area contributed by atoms with Gasteiger partial charge in [0.05, 0.1) is 11.4 Å². The van der Waals surface area contributed by atoms with Crippen molar-refractivity contribution in [2.75, 3.05) is 41.7 Å². The zero-order chi connectivity index (χ0) is 25.2. The Morgan fingerprint density at radius 2 is 1.75 bits per heavy atom. The van der Waals surface area contributed by atoms with Crippen LogP contribution in [0.4, 0.5) is 11.4 Å². The maximum Gasteiger partial charge on any atom is 0.263 e. The highest BCUT2D eigenvalue weighted by Gasteiger charge is 2.30. The van der Waals surface area contributed by atoms with Crippen LogP contribution in [0.25, 0.3) is 0 Å². The first-order chi connectivity index (χ1) is 17.5. The Bertz CT molecular complexity index is 1350. The van der Waals surface area contributed by atoms with Gasteiger partial charge in [-0.05, 0) is 66.4 Å². The van der Waals surface area contributed by atoms with Crippen molar-refractivity contribution in [2.24, 2.45) is 0 Å². The Kier molecular flexibility index (Phi) is 7.16. The lowest BCUT2D eigenvalue weighted by Crippen LogP contribution is -2.49. The van der Waals surface area contributed by atoms with Gasteiger partial charge in [0.25, 0.3) is 11.5 Å². The third kappa shape index (κ3) is 4.80. The fraction of sp³-hybridized carbons (Fsp3) is 0.296. The number of halogens is 2. The van der Waals surface area contributed by atoms with Gasteiger partial charge in [-0.25, -0.2) is 0 Å². The van der Waals surface area contributed by atoms with Crippen LogP contribution < -0.4 is 15.8 Å². The molecule has 9 heteroatoms. The molecule has 2 aliphatic rings. The predicted octanol–water partition coefficient (Wildman–Crippen LogP) is 4.33. The predicted molar refractivity (Wildman–Crippen MR) is 146 cm³/mol. The number of nitrogens with one attached hydrogen (secondary N) is 1. The Balaban J connectivity index is 1.38. The molecular weight excluding hydrogens is 544 g/mol. The molecule has 1 atom stereocenters. The summed E-state index contributed by atoms with van der Waals surface area (Å²) in [5.74, 6) is -0.327. The van der Waals surface area contributed by atoms with E-state index < -0.39 is 5.91 Å². The lowest BCUT2D eigenvalue weighted by Gasteiger charge is -2.37. The van der Waals surface area contributed by atoms with Gasteiger partial charge in [-0.15, -0.1) is 0 Å². The number of pyridine rings is 1. The van der Waals surface area contributed by atoms with E-state index in [4.69, 9.17) is 11.6 Å². The van der Waals surface area contributed by atoms with Crippen molar-refractivity contribution in [1.29, 1.82) is 0 Å². The van der Waals surface area contributed by atoms with Crippen molar-refractivity contribution in [3.05, 3.63) is 92.9 Å². The van der Waals surface area contributed by atoms with Crippen molar-refractivity contribution >= 4 is 50.7 Å². The van der Waals surface area contributed by atoms with Crippen LogP contribution in [0.1, 0.15) is 33.9 Å². The molecule has 0 saturated carbocycles. The quantitative estimate of drug-likeness (QED) is 0.464. The van der Waals surface area contributed by atoms with Crippen LogP contribution in [-0.4, -0.2) is 52.8 Å². The maximum absolute atomic E-state index is 13.4. The number of anilines is 2. The molecular formula is C27H26BrClN4O3. The van der Waals surface area contributed by atoms with Gasteiger partial charge in [-0.3, -0.25) is 14.4 Å². The summed E-state index contributed by atoms with van der Waals surface area (Å²) in [6, 6.07) is 16.2. The highest BCUT2D eigenvalue weighted by atomic mass is 79.9. The summed E-state index contributed by atoms with van der Waals surface area (Å²) in [6.45, 7) is 2.95. The molecule has 1 fully saturated rings. The average molecular weight is 570 g/mol. The highest BCUT2D eigenvalue weighted by molar-refractivity contribution is 9.09. The van der Waals surface area contributed by atoms with Gasteiger partial charge < -0.3 is 19.7 Å². The van der Waals surface area contributed by atoms with Gasteiger partial charge in [0, 0.05) is 48.8 Å². The van der Waals surface area contributed by atoms with Crippen LogP contribution >= 0.6 is 27.5 Å². The summed E-state index contributed by atoms with van der Waals surface area (Å²) < 4.78 is 1.68. The molecule has 3 aromatic rings. The molecule has 7 nitrogen and oxygen atoms in total. The van der Waals surface area contributed by atoms with Gasteiger partial charge >= 0.3 is 0 Å². The molecule has 0 radical (unpaired) electrons. The number of nitrogens with zero attached hydrogens (tertiary/aromatic N) is 3. The number of alkyl halides is 1. The molecule has 1 N–H and O–H groups in total. The summed E-state index contributed by atoms with van der Waals surface area (Å²) in [4.78, 5) is 42.5. The van der Waals surface area contributed by atoms with E-state index in [1.54, 1.807) is 47.2 Å². The summed E-state index contributed by atoms with van der Waals surface area (Å²) in [5, 5.41) is 3.70. The van der Waals surface area contributed by atoms with Crippen LogP contribution in [0.2, 0.25) is 5.02 Å². The molecule has 2 aromatic carbocycles. The second-order valence-corrected chi connectivity index (χ2v) is 9.99. The van der Waals surface area contributed by atoms with E-state index in [2.05, 4.69) is 38.3 Å². The van der Waals surface area contributed by atoms with E-state index in [0.717, 1.165) is 31.5 Å². The minimum Gasteiger partial charge on any atom is -0.368 e. The number of benzene rings is 2. The second-order valence-electron chi connectivity index (χ2n) is 9.00. The Morgan fingerprint density at radius 1 is 1.00 bits per heavy atom. The number of rotatable bonds is 5. The highest BCUT2D eigenvalue weighted by Crippen LogP contribution is 2.39. The normalized spacial score (nSPS) is 17.1. The molecule has 2 heterocycles. The fourth-order valence-electron chi connectivity index (χ4n) is 5.14. The van der Waals surface area contributed by atoms with Gasteiger partial charge in [-0.1, -0.05) is 39.7 Å². The summed E-state index contributed by atoms with van der Waals surface area (Å²) in [7, 11) is 0. The van der Waals surface area contributed by atoms with Crippen molar-refractivity contribution in [1.82, 2.24) is 9.47 Å². The summed E-state index contributed by atoms with van der Waals surface area (Å²) in [6.07, 6.45) is 3.40. The van der Waals surface area contributed by atoms with Crippen LogP contribution in [0.5, 0.6) is 0 Å². The van der Waals surface area contributed by atoms with E-state index in [0.29, 0.717) is 29.1 Å². The van der Waals surface area contributed by atoms with Crippen LogP contribution in [-0.2, 0) is 11.2 Å². The molecule has 1 unspecified atom stereocenters. The largest absolute Gasteiger partial charge is 0.368 e. The zero-order valence-electron chi connectivity index (χ0n) is 19.6. The molecule has 1 saturated heterocycles. The van der Waals surface area contributed by atoms with Crippen LogP contribution in [0, 0.1) is 0 Å². The standard InChI is InChI=1S/C27H26BrClN4O3/c28-17-25(34)32-15-13-31(14-16-32)23-5-1-3-20-21(23)10-11-24(20)33-12-2-4-22(27(33)36)26(35)30-19-8-6-18(29)7-9-19/h1-9,12,24H,10-11,13-17H2,(H,30,35). The number of aromatic nitrogens is 1. The Morgan fingerprint density at radius 3 is 2.47 bits per heavy atom. The third-order valence-electron chi connectivity index (χ3n) is 6.96. The maximum atomic E-state index is 13.4. The molecule has 1 aromatic heterocycles. The molecule has 186 valence electrons. The van der Waals surface area contributed by atoms with E-state index in [1.807, 2.05) is 11.0 Å². The molecule has 1 aliphatic carbocycles. The molecule has 5 rings (SSSR count). The van der Waals surface area contributed by atoms with E-state index in [9.17, 15) is 14.4 Å². The first-order valence-electron chi connectivity index (χ1n) is 11.9. The number of fused-ring (bicyclic) bond motifs is 1. The average Bonchev–Trinajstić information content (AvgIpc) is 3.34. The monoisotopic (exact) mass is 568 g/mol. The number of carbonyl (C=O) groups is 2. The van der Waals surface area contributed by atoms with Crippen molar-refractivity contribution in [2.45, 2.75) is 18.9 Å². The van der Waals surface area contributed by atoms with Crippen molar-refractivity contribution in [3.63, 3.8) is 0 Å². The third-order valence-corrected chi connectivity index (χ3v) is 7.69. The number of carbonyl (C=O) groups excluding carboxylic acids is 2. The fourth-order valence-corrected chi connectivity index (χ4v) is 5.62. The van der Waals surface area contributed by atoms with Crippen molar-refractivity contribution in [3.8, 4) is 0 Å². The van der Waals surface area contributed by atoms with Crippen molar-refractivity contribution < 1.29 is 9.59 Å². The van der Waals surface area contributed by atoms with E-state index in [1.165, 1.54) is 11.3 Å². The van der Waals surface area contributed by atoms with Gasteiger partial charge in [-0.2, -0.15) is 0 Å². The molecule has 2 amide bonds. The first-order valence-corrected chi connectivity index (χ1v) is 13.4. The second kappa shape index (κ2) is 10.5. The topological polar surface area (TPSA) is 74.7 Å². The number of hydrogen-bond donors (Lipinski definition) is 1. The SMILES string of the molecule is O=C(Nc1ccc(Cl)cc1)c1cccn(C2CCc3c2cccc3N2CCN(C(=O)CBr)CC2)c1=O. The minimum absolute atomic E-state index is 0.102. The summed E-state index contributed by atoms with van der Waals surface area (Å²) in [5.41, 5.74) is 3.90. The molecule has 36 heavy (non-hydrogen) atoms. The Labute approximate surface area is 222 Å². The zero-order valence-corrected chi connectivity index (χ0v) is 22.0. The van der Waals surface area contributed by atoms with E-state index in [-0.39, 0.29) is 23.1 Å². The molecule has 0 bridgehead atoms. The summed E-state index contributed by atoms with van der Waals surface area (Å²) >= 11 is 9.18. The van der Waals surface area contributed by atoms with Gasteiger partial charge in [0.2, 0.25) is 5.91 Å². The number of amides is 2.